The zero-order valence-corrected chi connectivity index (χ0v) is 21.6. The third-order valence-electron chi connectivity index (χ3n) is 5.95. The molecule has 0 atom stereocenters. The Hall–Kier alpha value is -2.73. The van der Waals surface area contributed by atoms with Crippen molar-refractivity contribution in [1.82, 2.24) is 4.90 Å². The van der Waals surface area contributed by atoms with Crippen LogP contribution in [0.15, 0.2) is 12.1 Å². The van der Waals surface area contributed by atoms with Gasteiger partial charge in [-0.15, -0.1) is 0 Å². The topological polar surface area (TPSA) is 68.2 Å². The van der Waals surface area contributed by atoms with Gasteiger partial charge in [0.2, 0.25) is 0 Å². The number of ether oxygens (including phenoxy) is 3. The molecule has 33 heavy (non-hydrogen) atoms. The Morgan fingerprint density at radius 2 is 1.67 bits per heavy atom. The van der Waals surface area contributed by atoms with Crippen LogP contribution in [0.3, 0.4) is 0 Å². The Morgan fingerprint density at radius 3 is 2.24 bits per heavy atom. The van der Waals surface area contributed by atoms with Gasteiger partial charge in [0.15, 0.2) is 0 Å². The highest BCUT2D eigenvalue weighted by Gasteiger charge is 2.21. The summed E-state index contributed by atoms with van der Waals surface area (Å²) < 4.78 is 17.7. The minimum absolute atomic E-state index is 0.246. The minimum Gasteiger partial charge on any atom is -0.508 e. The molecule has 0 heterocycles. The number of hydrogen-bond donors (Lipinski definition) is 1. The van der Waals surface area contributed by atoms with E-state index in [2.05, 4.69) is 18.7 Å². The first-order valence-electron chi connectivity index (χ1n) is 11.6. The van der Waals surface area contributed by atoms with Crippen LogP contribution in [-0.2, 0) is 11.3 Å². The van der Waals surface area contributed by atoms with Crippen molar-refractivity contribution in [3.63, 3.8) is 0 Å². The molecule has 0 unspecified atom stereocenters. The Labute approximate surface area is 198 Å². The third kappa shape index (κ3) is 6.41. The van der Waals surface area contributed by atoms with Gasteiger partial charge >= 0.3 is 5.97 Å². The standard InChI is InChI=1S/C27H39NO5/c1-10-31-27-19(6)18(5)26(33-21(8)29)20(7)23(27)15-28(9)11-12-32-25-13-17(4)24(30)14-22(25)16(2)3/h13-14,16,30H,10-12,15H2,1-9H3. The maximum absolute atomic E-state index is 11.7. The summed E-state index contributed by atoms with van der Waals surface area (Å²) in [6.07, 6.45) is 0. The van der Waals surface area contributed by atoms with Crippen LogP contribution < -0.4 is 14.2 Å². The zero-order valence-electron chi connectivity index (χ0n) is 21.6. The van der Waals surface area contributed by atoms with E-state index in [9.17, 15) is 9.90 Å². The molecule has 0 radical (unpaired) electrons. The van der Waals surface area contributed by atoms with Crippen molar-refractivity contribution in [2.75, 3.05) is 26.8 Å². The van der Waals surface area contributed by atoms with Crippen molar-refractivity contribution in [3.8, 4) is 23.0 Å². The fraction of sp³-hybridized carbons (Fsp3) is 0.519. The van der Waals surface area contributed by atoms with Gasteiger partial charge in [0.05, 0.1) is 6.61 Å². The molecule has 0 aliphatic carbocycles. The van der Waals surface area contributed by atoms with Crippen molar-refractivity contribution in [2.24, 2.45) is 0 Å². The van der Waals surface area contributed by atoms with E-state index in [1.54, 1.807) is 6.07 Å². The zero-order chi connectivity index (χ0) is 24.9. The molecule has 2 aromatic rings. The fourth-order valence-electron chi connectivity index (χ4n) is 3.91. The smallest absolute Gasteiger partial charge is 0.308 e. The Balaban J connectivity index is 2.22. The number of aryl methyl sites for hydroxylation is 1. The van der Waals surface area contributed by atoms with Crippen LogP contribution in [0.1, 0.15) is 67.0 Å². The van der Waals surface area contributed by atoms with Crippen LogP contribution in [0.4, 0.5) is 0 Å². The van der Waals surface area contributed by atoms with E-state index in [-0.39, 0.29) is 11.9 Å². The van der Waals surface area contributed by atoms with E-state index in [4.69, 9.17) is 14.2 Å². The first-order valence-corrected chi connectivity index (χ1v) is 11.6. The monoisotopic (exact) mass is 457 g/mol. The minimum atomic E-state index is -0.331. The van der Waals surface area contributed by atoms with Crippen LogP contribution in [0.5, 0.6) is 23.0 Å². The van der Waals surface area contributed by atoms with Gasteiger partial charge < -0.3 is 19.3 Å². The van der Waals surface area contributed by atoms with E-state index in [0.717, 1.165) is 44.9 Å². The van der Waals surface area contributed by atoms with Crippen LogP contribution in [0.2, 0.25) is 0 Å². The Morgan fingerprint density at radius 1 is 1.03 bits per heavy atom. The number of hydrogen-bond acceptors (Lipinski definition) is 6. The van der Waals surface area contributed by atoms with E-state index >= 15 is 0 Å². The molecule has 1 N–H and O–H groups in total. The second kappa shape index (κ2) is 11.4. The molecular formula is C27H39NO5. The van der Waals surface area contributed by atoms with Gasteiger partial charge in [0.25, 0.3) is 0 Å². The normalized spacial score (nSPS) is 11.2. The second-order valence-electron chi connectivity index (χ2n) is 8.96. The van der Waals surface area contributed by atoms with Crippen molar-refractivity contribution in [3.05, 3.63) is 45.5 Å². The highest BCUT2D eigenvalue weighted by Crippen LogP contribution is 2.39. The number of carbonyl (C=O) groups is 1. The predicted octanol–water partition coefficient (Wildman–Crippen LogP) is 5.58. The molecule has 0 saturated heterocycles. The van der Waals surface area contributed by atoms with E-state index in [1.165, 1.54) is 6.92 Å². The molecule has 0 fully saturated rings. The first-order chi connectivity index (χ1) is 15.5. The number of phenols is 1. The fourth-order valence-corrected chi connectivity index (χ4v) is 3.91. The van der Waals surface area contributed by atoms with Crippen molar-refractivity contribution in [1.29, 1.82) is 0 Å². The van der Waals surface area contributed by atoms with Gasteiger partial charge in [0, 0.05) is 36.7 Å². The highest BCUT2D eigenvalue weighted by atomic mass is 16.5. The number of nitrogens with zero attached hydrogens (tertiary/aromatic N) is 1. The molecule has 0 saturated carbocycles. The SMILES string of the molecule is CCOc1c(C)c(C)c(OC(C)=O)c(C)c1CN(C)CCOc1cc(C)c(O)cc1C(C)C. The summed E-state index contributed by atoms with van der Waals surface area (Å²) in [5.41, 5.74) is 5.63. The number of rotatable bonds is 10. The predicted molar refractivity (Wildman–Crippen MR) is 132 cm³/mol. The lowest BCUT2D eigenvalue weighted by Crippen LogP contribution is -2.25. The number of benzene rings is 2. The van der Waals surface area contributed by atoms with Crippen molar-refractivity contribution in [2.45, 2.75) is 67.9 Å². The molecule has 6 heteroatoms. The lowest BCUT2D eigenvalue weighted by atomic mass is 9.96. The third-order valence-corrected chi connectivity index (χ3v) is 5.95. The van der Waals surface area contributed by atoms with Gasteiger partial charge in [-0.3, -0.25) is 9.69 Å². The molecule has 2 aromatic carbocycles. The number of carbonyl (C=O) groups excluding carboxylic acids is 1. The molecule has 0 bridgehead atoms. The lowest BCUT2D eigenvalue weighted by molar-refractivity contribution is -0.131. The second-order valence-corrected chi connectivity index (χ2v) is 8.96. The summed E-state index contributed by atoms with van der Waals surface area (Å²) in [5, 5.41) is 10.1. The van der Waals surface area contributed by atoms with E-state index in [0.29, 0.717) is 37.8 Å². The highest BCUT2D eigenvalue weighted by molar-refractivity contribution is 5.72. The van der Waals surface area contributed by atoms with Gasteiger partial charge in [-0.25, -0.2) is 0 Å². The summed E-state index contributed by atoms with van der Waals surface area (Å²) in [4.78, 5) is 13.8. The van der Waals surface area contributed by atoms with Gasteiger partial charge in [-0.1, -0.05) is 13.8 Å². The number of phenolic OH excluding ortho intramolecular Hbond substituents is 1. The van der Waals surface area contributed by atoms with Crippen LogP contribution >= 0.6 is 0 Å². The van der Waals surface area contributed by atoms with Crippen LogP contribution in [-0.4, -0.2) is 42.8 Å². The average molecular weight is 458 g/mol. The van der Waals surface area contributed by atoms with Gasteiger partial charge in [-0.05, 0) is 76.4 Å². The van der Waals surface area contributed by atoms with Gasteiger partial charge in [-0.2, -0.15) is 0 Å². The quantitative estimate of drug-likeness (QED) is 0.371. The van der Waals surface area contributed by atoms with Crippen molar-refractivity contribution >= 4 is 5.97 Å². The molecule has 0 aromatic heterocycles. The van der Waals surface area contributed by atoms with E-state index in [1.807, 2.05) is 47.7 Å². The maximum atomic E-state index is 11.7. The number of esters is 1. The van der Waals surface area contributed by atoms with Crippen molar-refractivity contribution < 1.29 is 24.1 Å². The van der Waals surface area contributed by atoms with Crippen LogP contribution in [0.25, 0.3) is 0 Å². The van der Waals surface area contributed by atoms with Gasteiger partial charge in [0.1, 0.15) is 29.6 Å². The van der Waals surface area contributed by atoms with Crippen LogP contribution in [0, 0.1) is 27.7 Å². The summed E-state index contributed by atoms with van der Waals surface area (Å²) in [5.74, 6) is 2.48. The molecule has 0 aliphatic heterocycles. The first kappa shape index (κ1) is 26.5. The summed E-state index contributed by atoms with van der Waals surface area (Å²) in [6, 6.07) is 3.69. The Kier molecular flexibility index (Phi) is 9.17. The molecule has 2 rings (SSSR count). The lowest BCUT2D eigenvalue weighted by Gasteiger charge is -2.25. The Bertz CT molecular complexity index is 997. The summed E-state index contributed by atoms with van der Waals surface area (Å²) in [6.45, 7) is 17.7. The van der Waals surface area contributed by atoms with E-state index < -0.39 is 0 Å². The molecule has 0 spiro atoms. The number of likely N-dealkylation sites (N-methyl/N-ethyl adjacent to an activating group) is 1. The maximum Gasteiger partial charge on any atom is 0.308 e. The summed E-state index contributed by atoms with van der Waals surface area (Å²) >= 11 is 0. The molecular weight excluding hydrogens is 418 g/mol. The largest absolute Gasteiger partial charge is 0.508 e. The molecule has 0 amide bonds. The number of aromatic hydroxyl groups is 1. The molecule has 182 valence electrons. The summed E-state index contributed by atoms with van der Waals surface area (Å²) in [7, 11) is 2.03. The molecule has 0 aliphatic rings. The molecule has 6 nitrogen and oxygen atoms in total. The average Bonchev–Trinajstić information content (AvgIpc) is 2.74.